The summed E-state index contributed by atoms with van der Waals surface area (Å²) in [6, 6.07) is 0. The molecule has 0 saturated heterocycles. The zero-order valence-corrected chi connectivity index (χ0v) is 19.8. The van der Waals surface area contributed by atoms with Crippen molar-refractivity contribution in [3.8, 4) is 0 Å². The lowest BCUT2D eigenvalue weighted by molar-refractivity contribution is -0.182. The molecule has 0 fully saturated rings. The van der Waals surface area contributed by atoms with Gasteiger partial charge in [0.05, 0.1) is 0 Å². The highest BCUT2D eigenvalue weighted by Crippen LogP contribution is 2.42. The lowest BCUT2D eigenvalue weighted by Crippen LogP contribution is -2.43. The molecule has 2 atom stereocenters. The van der Waals surface area contributed by atoms with Crippen LogP contribution in [0.2, 0.25) is 5.04 Å². The second-order valence-electron chi connectivity index (χ2n) is 7.76. The fourth-order valence-electron chi connectivity index (χ4n) is 3.59. The largest absolute Gasteiger partial charge is 0.698 e. The van der Waals surface area contributed by atoms with Gasteiger partial charge in [-0.15, -0.1) is 0 Å². The molecule has 8 nitrogen and oxygen atoms in total. The van der Waals surface area contributed by atoms with E-state index in [4.69, 9.17) is 19.0 Å². The third-order valence-electron chi connectivity index (χ3n) is 5.42. The van der Waals surface area contributed by atoms with Gasteiger partial charge in [-0.25, -0.2) is 4.58 Å². The van der Waals surface area contributed by atoms with Crippen LogP contribution in [-0.4, -0.2) is 68.3 Å². The first-order valence-electron chi connectivity index (χ1n) is 10.7. The van der Waals surface area contributed by atoms with Gasteiger partial charge in [-0.05, 0) is 18.8 Å². The summed E-state index contributed by atoms with van der Waals surface area (Å²) in [5, 5.41) is 28.2. The summed E-state index contributed by atoms with van der Waals surface area (Å²) >= 11 is 0. The number of hydrogen-bond donors (Lipinski definition) is 6. The summed E-state index contributed by atoms with van der Waals surface area (Å²) < 4.78 is 9.20. The zero-order valence-electron chi connectivity index (χ0n) is 17.4. The van der Waals surface area contributed by atoms with Crippen LogP contribution in [0.25, 0.3) is 0 Å². The molecule has 0 aromatic heterocycles. The van der Waals surface area contributed by atoms with E-state index in [-0.39, 0.29) is 25.7 Å². The van der Waals surface area contributed by atoms with Crippen molar-refractivity contribution < 1.29 is 38.9 Å². The van der Waals surface area contributed by atoms with Crippen LogP contribution in [0.5, 0.6) is 0 Å². The average molecular weight is 443 g/mol. The molecule has 0 aromatic carbocycles. The van der Waals surface area contributed by atoms with Gasteiger partial charge in [-0.1, -0.05) is 71.1 Å². The third-order valence-corrected chi connectivity index (χ3v) is 7.97. The first-order chi connectivity index (χ1) is 13.3. The molecular weight excluding hydrogens is 400 g/mol. The SMILES string of the molecule is CCCCCCCCCCCCC(CO)([SiH2]OO[Si](O)(O)O)C(CO)CCO. The van der Waals surface area contributed by atoms with Gasteiger partial charge in [-0.2, -0.15) is 0 Å². The Hall–Kier alpha value is 0.114. The molecule has 28 heavy (non-hydrogen) atoms. The maximum absolute atomic E-state index is 10.0. The Morgan fingerprint density at radius 3 is 1.82 bits per heavy atom. The molecule has 0 rings (SSSR count). The lowest BCUT2D eigenvalue weighted by atomic mass is 9.85. The lowest BCUT2D eigenvalue weighted by Gasteiger charge is -2.37. The van der Waals surface area contributed by atoms with Crippen molar-refractivity contribution in [3.05, 3.63) is 0 Å². The molecule has 0 aliphatic heterocycles. The van der Waals surface area contributed by atoms with Crippen LogP contribution < -0.4 is 0 Å². The van der Waals surface area contributed by atoms with Crippen molar-refractivity contribution in [2.75, 3.05) is 19.8 Å². The minimum absolute atomic E-state index is 0.126. The molecule has 0 saturated carbocycles. The third kappa shape index (κ3) is 13.4. The minimum atomic E-state index is -4.78. The molecule has 6 N–H and O–H groups in total. The maximum Gasteiger partial charge on any atom is 0.698 e. The van der Waals surface area contributed by atoms with Gasteiger partial charge in [0, 0.05) is 24.9 Å². The molecular formula is C18H42O8Si2. The van der Waals surface area contributed by atoms with Gasteiger partial charge in [-0.3, -0.25) is 4.58 Å². The van der Waals surface area contributed by atoms with E-state index in [0.717, 1.165) is 19.3 Å². The van der Waals surface area contributed by atoms with E-state index < -0.39 is 23.8 Å². The Balaban J connectivity index is 4.39. The summed E-state index contributed by atoms with van der Waals surface area (Å²) in [5.74, 6) is -0.372. The summed E-state index contributed by atoms with van der Waals surface area (Å²) in [7, 11) is -6.46. The van der Waals surface area contributed by atoms with Gasteiger partial charge >= 0.3 is 9.05 Å². The predicted octanol–water partition coefficient (Wildman–Crippen LogP) is 0.884. The molecule has 170 valence electrons. The predicted molar refractivity (Wildman–Crippen MR) is 112 cm³/mol. The molecule has 0 aromatic rings. The Morgan fingerprint density at radius 1 is 0.857 bits per heavy atom. The van der Waals surface area contributed by atoms with E-state index in [1.54, 1.807) is 0 Å². The molecule has 10 heteroatoms. The molecule has 0 heterocycles. The topological polar surface area (TPSA) is 140 Å². The van der Waals surface area contributed by atoms with Crippen molar-refractivity contribution in [1.82, 2.24) is 0 Å². The molecule has 0 aliphatic carbocycles. The Kier molecular flexibility index (Phi) is 16.9. The number of hydrogen-bond acceptors (Lipinski definition) is 8. The molecule has 0 amide bonds. The van der Waals surface area contributed by atoms with Crippen LogP contribution >= 0.6 is 0 Å². The van der Waals surface area contributed by atoms with Crippen LogP contribution in [0.1, 0.15) is 84.0 Å². The monoisotopic (exact) mass is 442 g/mol. The second-order valence-corrected chi connectivity index (χ2v) is 11.0. The average Bonchev–Trinajstić information content (AvgIpc) is 2.65. The molecule has 2 unspecified atom stereocenters. The Labute approximate surface area is 172 Å². The number of rotatable bonds is 20. The van der Waals surface area contributed by atoms with E-state index in [1.165, 1.54) is 44.9 Å². The normalized spacial score (nSPS) is 16.0. The van der Waals surface area contributed by atoms with E-state index in [0.29, 0.717) is 12.8 Å². The summed E-state index contributed by atoms with van der Waals surface area (Å²) in [4.78, 5) is 26.8. The highest BCUT2D eigenvalue weighted by atomic mass is 28.4. The van der Waals surface area contributed by atoms with Gasteiger partial charge in [0.1, 0.15) is 0 Å². The van der Waals surface area contributed by atoms with Crippen LogP contribution in [0.4, 0.5) is 0 Å². The summed E-state index contributed by atoms with van der Waals surface area (Å²) in [6.07, 6.45) is 12.7. The smallest absolute Gasteiger partial charge is 0.396 e. The van der Waals surface area contributed by atoms with Crippen LogP contribution in [0.3, 0.4) is 0 Å². The van der Waals surface area contributed by atoms with Crippen molar-refractivity contribution in [2.24, 2.45) is 5.92 Å². The quantitative estimate of drug-likeness (QED) is 0.0707. The molecule has 0 bridgehead atoms. The van der Waals surface area contributed by atoms with Crippen molar-refractivity contribution in [1.29, 1.82) is 0 Å². The van der Waals surface area contributed by atoms with Crippen molar-refractivity contribution in [2.45, 2.75) is 89.0 Å². The van der Waals surface area contributed by atoms with Crippen molar-refractivity contribution >= 4 is 18.8 Å². The highest BCUT2D eigenvalue weighted by molar-refractivity contribution is 6.48. The maximum atomic E-state index is 10.0. The first kappa shape index (κ1) is 28.1. The van der Waals surface area contributed by atoms with E-state index in [2.05, 4.69) is 11.5 Å². The van der Waals surface area contributed by atoms with Crippen LogP contribution in [0, 0.1) is 5.92 Å². The van der Waals surface area contributed by atoms with E-state index in [9.17, 15) is 15.3 Å². The van der Waals surface area contributed by atoms with E-state index >= 15 is 0 Å². The minimum Gasteiger partial charge on any atom is -0.396 e. The first-order valence-corrected chi connectivity index (χ1v) is 13.7. The Bertz CT molecular complexity index is 357. The molecule has 0 radical (unpaired) electrons. The second kappa shape index (κ2) is 16.9. The number of aliphatic hydroxyl groups is 3. The number of unbranched alkanes of at least 4 members (excludes halogenated alkanes) is 9. The standard InChI is InChI=1S/C18H42O8Si2/c1-2-3-4-5-6-7-8-9-10-11-13-18(16-21,17(15-20)12-14-19)27-25-26-28(22,23)24/h17,19-24H,2-16,27H2,1H3. The van der Waals surface area contributed by atoms with Gasteiger partial charge in [0.2, 0.25) is 9.76 Å². The zero-order chi connectivity index (χ0) is 21.3. The number of aliphatic hydroxyl groups excluding tert-OH is 3. The van der Waals surface area contributed by atoms with E-state index in [1.807, 2.05) is 0 Å². The fourth-order valence-corrected chi connectivity index (χ4v) is 5.74. The Morgan fingerprint density at radius 2 is 1.39 bits per heavy atom. The van der Waals surface area contributed by atoms with Crippen molar-refractivity contribution in [3.63, 3.8) is 0 Å². The fraction of sp³-hybridized carbons (Fsp3) is 1.00. The highest BCUT2D eigenvalue weighted by Gasteiger charge is 2.41. The van der Waals surface area contributed by atoms with Gasteiger partial charge in [0.25, 0.3) is 0 Å². The summed E-state index contributed by atoms with van der Waals surface area (Å²) in [6.45, 7) is 1.63. The molecule has 0 spiro atoms. The molecule has 0 aliphatic rings. The van der Waals surface area contributed by atoms with Crippen LogP contribution in [-0.2, 0) is 9.15 Å². The van der Waals surface area contributed by atoms with Crippen LogP contribution in [0.15, 0.2) is 0 Å². The van der Waals surface area contributed by atoms with Gasteiger partial charge < -0.3 is 29.7 Å². The van der Waals surface area contributed by atoms with Gasteiger partial charge in [0.15, 0.2) is 0 Å². The summed E-state index contributed by atoms with van der Waals surface area (Å²) in [5.41, 5.74) is 0.